The summed E-state index contributed by atoms with van der Waals surface area (Å²) in [6, 6.07) is 9.73. The van der Waals surface area contributed by atoms with Gasteiger partial charge in [0.15, 0.2) is 0 Å². The summed E-state index contributed by atoms with van der Waals surface area (Å²) in [5.74, 6) is -0.789. The fraction of sp³-hybridized carbons (Fsp3) is 0.154. The fourth-order valence-electron chi connectivity index (χ4n) is 1.75. The molecule has 1 atom stereocenters. The van der Waals surface area contributed by atoms with Crippen LogP contribution < -0.4 is 5.73 Å². The Labute approximate surface area is 98.3 Å². The number of benzene rings is 2. The van der Waals surface area contributed by atoms with Gasteiger partial charge in [-0.05, 0) is 34.9 Å². The molecular weight excluding hydrogens is 218 g/mol. The highest BCUT2D eigenvalue weighted by Crippen LogP contribution is 2.21. The van der Waals surface area contributed by atoms with Crippen LogP contribution in [-0.4, -0.2) is 22.2 Å². The summed E-state index contributed by atoms with van der Waals surface area (Å²) in [6.07, 6.45) is 0.298. The third kappa shape index (κ3) is 2.54. The molecule has 0 radical (unpaired) electrons. The van der Waals surface area contributed by atoms with Gasteiger partial charge in [0.25, 0.3) is 0 Å². The van der Waals surface area contributed by atoms with E-state index in [0.717, 1.165) is 16.3 Å². The zero-order valence-corrected chi connectivity index (χ0v) is 9.13. The standard InChI is InChI=1S/C13H13NO3/c14-12(13(16)17)6-8-1-2-10-7-11(15)4-3-9(10)5-8/h1-5,7,12,15H,6,14H2,(H,16,17). The van der Waals surface area contributed by atoms with E-state index in [4.69, 9.17) is 10.8 Å². The molecule has 88 valence electrons. The number of aliphatic carboxylic acids is 1. The van der Waals surface area contributed by atoms with Gasteiger partial charge in [0.1, 0.15) is 11.8 Å². The van der Waals surface area contributed by atoms with Crippen LogP contribution in [0.25, 0.3) is 10.8 Å². The fourth-order valence-corrected chi connectivity index (χ4v) is 1.75. The van der Waals surface area contributed by atoms with Crippen LogP contribution >= 0.6 is 0 Å². The average molecular weight is 231 g/mol. The second-order valence-corrected chi connectivity index (χ2v) is 4.01. The van der Waals surface area contributed by atoms with Crippen molar-refractivity contribution in [3.05, 3.63) is 42.0 Å². The van der Waals surface area contributed by atoms with Gasteiger partial charge in [0, 0.05) is 0 Å². The van der Waals surface area contributed by atoms with Crippen LogP contribution in [0.4, 0.5) is 0 Å². The molecule has 1 unspecified atom stereocenters. The molecule has 4 heteroatoms. The van der Waals surface area contributed by atoms with Crippen LogP contribution in [0.3, 0.4) is 0 Å². The van der Waals surface area contributed by atoms with Crippen molar-refractivity contribution in [2.24, 2.45) is 5.73 Å². The quantitative estimate of drug-likeness (QED) is 0.747. The molecule has 2 rings (SSSR count). The van der Waals surface area contributed by atoms with Gasteiger partial charge in [-0.15, -0.1) is 0 Å². The number of nitrogens with two attached hydrogens (primary N) is 1. The smallest absolute Gasteiger partial charge is 0.320 e. The molecule has 2 aromatic carbocycles. The first kappa shape index (κ1) is 11.4. The molecule has 2 aromatic rings. The highest BCUT2D eigenvalue weighted by molar-refractivity contribution is 5.84. The molecule has 17 heavy (non-hydrogen) atoms. The van der Waals surface area contributed by atoms with Gasteiger partial charge in [0.2, 0.25) is 0 Å². The summed E-state index contributed by atoms with van der Waals surface area (Å²) in [6.45, 7) is 0. The maximum atomic E-state index is 10.7. The lowest BCUT2D eigenvalue weighted by molar-refractivity contribution is -0.138. The number of aromatic hydroxyl groups is 1. The lowest BCUT2D eigenvalue weighted by Gasteiger charge is -2.07. The van der Waals surface area contributed by atoms with E-state index < -0.39 is 12.0 Å². The van der Waals surface area contributed by atoms with E-state index in [1.54, 1.807) is 18.2 Å². The topological polar surface area (TPSA) is 83.5 Å². The maximum absolute atomic E-state index is 10.7. The number of phenolic OH excluding ortho intramolecular Hbond substituents is 1. The van der Waals surface area contributed by atoms with Gasteiger partial charge in [0.05, 0.1) is 0 Å². The van der Waals surface area contributed by atoms with Gasteiger partial charge in [-0.3, -0.25) is 4.79 Å². The molecule has 0 bridgehead atoms. The Morgan fingerprint density at radius 3 is 2.53 bits per heavy atom. The van der Waals surface area contributed by atoms with Crippen LogP contribution in [0.15, 0.2) is 36.4 Å². The molecular formula is C13H13NO3. The van der Waals surface area contributed by atoms with Crippen molar-refractivity contribution in [2.45, 2.75) is 12.5 Å². The molecule has 0 aromatic heterocycles. The van der Waals surface area contributed by atoms with E-state index in [1.165, 1.54) is 0 Å². The molecule has 0 amide bonds. The van der Waals surface area contributed by atoms with E-state index in [9.17, 15) is 9.90 Å². The number of carboxylic acids is 1. The Hall–Kier alpha value is -2.07. The normalized spacial score (nSPS) is 12.5. The Bertz CT molecular complexity index is 566. The zero-order chi connectivity index (χ0) is 12.4. The largest absolute Gasteiger partial charge is 0.508 e. The first-order valence-electron chi connectivity index (χ1n) is 5.26. The minimum absolute atomic E-state index is 0.215. The van der Waals surface area contributed by atoms with Crippen LogP contribution in [-0.2, 0) is 11.2 Å². The molecule has 0 heterocycles. The van der Waals surface area contributed by atoms with Crippen LogP contribution in [0.5, 0.6) is 5.75 Å². The molecule has 0 spiro atoms. The molecule has 0 saturated carbocycles. The summed E-state index contributed by atoms with van der Waals surface area (Å²) < 4.78 is 0. The summed E-state index contributed by atoms with van der Waals surface area (Å²) >= 11 is 0. The minimum atomic E-state index is -1.00. The van der Waals surface area contributed by atoms with Gasteiger partial charge in [-0.1, -0.05) is 24.3 Å². The van der Waals surface area contributed by atoms with E-state index in [1.807, 2.05) is 18.2 Å². The first-order valence-corrected chi connectivity index (χ1v) is 5.26. The highest BCUT2D eigenvalue weighted by atomic mass is 16.4. The lowest BCUT2D eigenvalue weighted by Crippen LogP contribution is -2.32. The number of hydrogen-bond donors (Lipinski definition) is 3. The highest BCUT2D eigenvalue weighted by Gasteiger charge is 2.12. The zero-order valence-electron chi connectivity index (χ0n) is 9.13. The average Bonchev–Trinajstić information content (AvgIpc) is 2.29. The molecule has 0 aliphatic rings. The summed E-state index contributed by atoms with van der Waals surface area (Å²) in [5.41, 5.74) is 6.35. The molecule has 4 N–H and O–H groups in total. The summed E-state index contributed by atoms with van der Waals surface area (Å²) in [5, 5.41) is 19.9. The predicted molar refractivity (Wildman–Crippen MR) is 64.9 cm³/mol. The number of phenols is 1. The van der Waals surface area contributed by atoms with Crippen molar-refractivity contribution in [1.29, 1.82) is 0 Å². The molecule has 0 aliphatic carbocycles. The Balaban J connectivity index is 2.32. The second kappa shape index (κ2) is 4.43. The van der Waals surface area contributed by atoms with Crippen molar-refractivity contribution < 1.29 is 15.0 Å². The molecule has 0 aliphatic heterocycles. The molecule has 4 nitrogen and oxygen atoms in total. The van der Waals surface area contributed by atoms with E-state index in [0.29, 0.717) is 6.42 Å². The number of rotatable bonds is 3. The van der Waals surface area contributed by atoms with Gasteiger partial charge < -0.3 is 15.9 Å². The number of hydrogen-bond acceptors (Lipinski definition) is 3. The van der Waals surface area contributed by atoms with Crippen molar-refractivity contribution in [2.75, 3.05) is 0 Å². The maximum Gasteiger partial charge on any atom is 0.320 e. The van der Waals surface area contributed by atoms with Gasteiger partial charge in [-0.25, -0.2) is 0 Å². The van der Waals surface area contributed by atoms with Gasteiger partial charge in [-0.2, -0.15) is 0 Å². The number of carboxylic acid groups (broad SMARTS) is 1. The Morgan fingerprint density at radius 1 is 1.18 bits per heavy atom. The van der Waals surface area contributed by atoms with Crippen LogP contribution in [0.2, 0.25) is 0 Å². The van der Waals surface area contributed by atoms with Crippen LogP contribution in [0.1, 0.15) is 5.56 Å². The Morgan fingerprint density at radius 2 is 1.82 bits per heavy atom. The molecule has 0 saturated heterocycles. The third-order valence-electron chi connectivity index (χ3n) is 2.66. The van der Waals surface area contributed by atoms with Crippen molar-refractivity contribution in [3.8, 4) is 5.75 Å². The predicted octanol–water partition coefficient (Wildman–Crippen LogP) is 1.50. The van der Waals surface area contributed by atoms with Crippen molar-refractivity contribution in [1.82, 2.24) is 0 Å². The summed E-state index contributed by atoms with van der Waals surface area (Å²) in [4.78, 5) is 10.7. The Kier molecular flexibility index (Phi) is 2.97. The van der Waals surface area contributed by atoms with Crippen LogP contribution in [0, 0.1) is 0 Å². The monoisotopic (exact) mass is 231 g/mol. The van der Waals surface area contributed by atoms with E-state index >= 15 is 0 Å². The molecule has 0 fully saturated rings. The van der Waals surface area contributed by atoms with Gasteiger partial charge >= 0.3 is 5.97 Å². The summed E-state index contributed by atoms with van der Waals surface area (Å²) in [7, 11) is 0. The minimum Gasteiger partial charge on any atom is -0.508 e. The van der Waals surface area contributed by atoms with Crippen molar-refractivity contribution in [3.63, 3.8) is 0 Å². The van der Waals surface area contributed by atoms with E-state index in [-0.39, 0.29) is 5.75 Å². The number of fused-ring (bicyclic) bond motifs is 1. The number of carbonyl (C=O) groups is 1. The second-order valence-electron chi connectivity index (χ2n) is 4.01. The lowest BCUT2D eigenvalue weighted by atomic mass is 10.0. The van der Waals surface area contributed by atoms with E-state index in [2.05, 4.69) is 0 Å². The first-order chi connectivity index (χ1) is 8.06. The van der Waals surface area contributed by atoms with Crippen molar-refractivity contribution >= 4 is 16.7 Å². The third-order valence-corrected chi connectivity index (χ3v) is 2.66. The SMILES string of the molecule is NC(Cc1ccc2cc(O)ccc2c1)C(=O)O.